The summed E-state index contributed by atoms with van der Waals surface area (Å²) in [6.45, 7) is -0.410. The first-order chi connectivity index (χ1) is 12.0. The first-order valence-corrected chi connectivity index (χ1v) is 7.67. The van der Waals surface area contributed by atoms with Gasteiger partial charge in [-0.1, -0.05) is 23.7 Å². The predicted octanol–water partition coefficient (Wildman–Crippen LogP) is 2.94. The summed E-state index contributed by atoms with van der Waals surface area (Å²) in [5.41, 5.74) is 1.48. The molecular weight excluding hydrogens is 344 g/mol. The maximum atomic E-state index is 11.8. The van der Waals surface area contributed by atoms with Gasteiger partial charge in [-0.25, -0.2) is 0 Å². The van der Waals surface area contributed by atoms with Crippen LogP contribution in [0.5, 0.6) is 5.75 Å². The number of carbonyl (C=O) groups is 2. The Morgan fingerprint density at radius 1 is 1.20 bits per heavy atom. The maximum Gasteiger partial charge on any atom is 0.310 e. The minimum Gasteiger partial charge on any atom is -0.497 e. The molecule has 7 heteroatoms. The van der Waals surface area contributed by atoms with E-state index in [9.17, 15) is 9.59 Å². The Morgan fingerprint density at radius 3 is 2.52 bits per heavy atom. The van der Waals surface area contributed by atoms with Crippen molar-refractivity contribution in [2.45, 2.75) is 6.42 Å². The number of nitrogens with one attached hydrogen (secondary N) is 1. The highest BCUT2D eigenvalue weighted by atomic mass is 35.5. The van der Waals surface area contributed by atoms with E-state index in [-0.39, 0.29) is 11.4 Å². The van der Waals surface area contributed by atoms with Crippen LogP contribution in [-0.2, 0) is 20.7 Å². The molecule has 1 amide bonds. The number of hydrogen-bond acceptors (Lipinski definition) is 5. The molecule has 128 valence electrons. The van der Waals surface area contributed by atoms with E-state index < -0.39 is 18.5 Å². The van der Waals surface area contributed by atoms with E-state index in [2.05, 4.69) is 5.32 Å². The van der Waals surface area contributed by atoms with E-state index in [1.54, 1.807) is 37.4 Å². The Kier molecular flexibility index (Phi) is 6.38. The molecule has 2 aromatic carbocycles. The highest BCUT2D eigenvalue weighted by Gasteiger charge is 2.10. The number of nitrogens with zero attached hydrogens (tertiary/aromatic N) is 1. The summed E-state index contributed by atoms with van der Waals surface area (Å²) in [4.78, 5) is 23.6. The second-order valence-electron chi connectivity index (χ2n) is 5.04. The molecule has 0 aliphatic carbocycles. The van der Waals surface area contributed by atoms with Gasteiger partial charge in [0.05, 0.1) is 24.1 Å². The summed E-state index contributed by atoms with van der Waals surface area (Å²) >= 11 is 5.88. The summed E-state index contributed by atoms with van der Waals surface area (Å²) in [5, 5.41) is 11.6. The van der Waals surface area contributed by atoms with Crippen molar-refractivity contribution in [3.05, 3.63) is 58.6 Å². The van der Waals surface area contributed by atoms with Crippen molar-refractivity contribution in [1.29, 1.82) is 5.26 Å². The largest absolute Gasteiger partial charge is 0.497 e. The molecule has 0 saturated carbocycles. The van der Waals surface area contributed by atoms with Crippen LogP contribution in [0, 0.1) is 11.3 Å². The Bertz CT molecular complexity index is 813. The number of halogens is 1. The lowest BCUT2D eigenvalue weighted by atomic mass is 10.1. The Morgan fingerprint density at radius 2 is 1.92 bits per heavy atom. The normalized spacial score (nSPS) is 9.80. The molecule has 0 aliphatic rings. The average molecular weight is 359 g/mol. The molecule has 1 N–H and O–H groups in total. The first-order valence-electron chi connectivity index (χ1n) is 7.30. The van der Waals surface area contributed by atoms with E-state index in [4.69, 9.17) is 26.3 Å². The van der Waals surface area contributed by atoms with Gasteiger partial charge in [0.2, 0.25) is 0 Å². The predicted molar refractivity (Wildman–Crippen MR) is 92.5 cm³/mol. The summed E-state index contributed by atoms with van der Waals surface area (Å²) in [6, 6.07) is 13.4. The fourth-order valence-corrected chi connectivity index (χ4v) is 2.21. The van der Waals surface area contributed by atoms with Crippen molar-refractivity contribution in [1.82, 2.24) is 0 Å². The quantitative estimate of drug-likeness (QED) is 0.802. The van der Waals surface area contributed by atoms with E-state index in [0.717, 1.165) is 5.56 Å². The number of anilines is 1. The fourth-order valence-electron chi connectivity index (χ4n) is 1.99. The van der Waals surface area contributed by atoms with Crippen molar-refractivity contribution in [3.8, 4) is 11.8 Å². The molecule has 0 atom stereocenters. The van der Waals surface area contributed by atoms with Gasteiger partial charge in [-0.2, -0.15) is 5.26 Å². The number of esters is 1. The zero-order valence-electron chi connectivity index (χ0n) is 13.4. The van der Waals surface area contributed by atoms with Crippen molar-refractivity contribution in [3.63, 3.8) is 0 Å². The average Bonchev–Trinajstić information content (AvgIpc) is 2.61. The number of carbonyl (C=O) groups excluding carboxylic acids is 2. The van der Waals surface area contributed by atoms with Gasteiger partial charge in [-0.3, -0.25) is 9.59 Å². The molecule has 0 fully saturated rings. The summed E-state index contributed by atoms with van der Waals surface area (Å²) < 4.78 is 9.98. The van der Waals surface area contributed by atoms with Gasteiger partial charge in [0.15, 0.2) is 6.61 Å². The Balaban J connectivity index is 1.81. The zero-order valence-corrected chi connectivity index (χ0v) is 14.2. The van der Waals surface area contributed by atoms with Gasteiger partial charge in [0, 0.05) is 5.69 Å². The lowest BCUT2D eigenvalue weighted by Gasteiger charge is -2.08. The third-order valence-electron chi connectivity index (χ3n) is 3.25. The molecule has 0 bridgehead atoms. The number of benzene rings is 2. The van der Waals surface area contributed by atoms with Gasteiger partial charge in [0.1, 0.15) is 11.8 Å². The third-order valence-corrected chi connectivity index (χ3v) is 3.56. The van der Waals surface area contributed by atoms with Crippen molar-refractivity contribution in [2.24, 2.45) is 0 Å². The molecule has 0 aromatic heterocycles. The van der Waals surface area contributed by atoms with Gasteiger partial charge < -0.3 is 14.8 Å². The van der Waals surface area contributed by atoms with Crippen LogP contribution in [0.15, 0.2) is 42.5 Å². The van der Waals surface area contributed by atoms with E-state index in [0.29, 0.717) is 17.0 Å². The highest BCUT2D eigenvalue weighted by Crippen LogP contribution is 2.20. The van der Waals surface area contributed by atoms with Crippen LogP contribution < -0.4 is 10.1 Å². The topological polar surface area (TPSA) is 88.4 Å². The molecule has 0 aliphatic heterocycles. The molecule has 6 nitrogen and oxygen atoms in total. The van der Waals surface area contributed by atoms with E-state index in [1.807, 2.05) is 6.07 Å². The van der Waals surface area contributed by atoms with Crippen molar-refractivity contribution >= 4 is 29.2 Å². The van der Waals surface area contributed by atoms with Gasteiger partial charge in [-0.05, 0) is 35.9 Å². The molecular formula is C18H15ClN2O4. The first kappa shape index (κ1) is 18.3. The van der Waals surface area contributed by atoms with Crippen LogP contribution in [0.25, 0.3) is 0 Å². The van der Waals surface area contributed by atoms with Gasteiger partial charge in [-0.15, -0.1) is 0 Å². The molecule has 0 spiro atoms. The SMILES string of the molecule is COc1ccc(CC(=O)OCC(=O)Nc2ccc(C#N)c(Cl)c2)cc1. The second kappa shape index (κ2) is 8.71. The Labute approximate surface area is 149 Å². The summed E-state index contributed by atoms with van der Waals surface area (Å²) in [7, 11) is 1.56. The van der Waals surface area contributed by atoms with E-state index in [1.165, 1.54) is 12.1 Å². The number of ether oxygens (including phenoxy) is 2. The zero-order chi connectivity index (χ0) is 18.2. The number of amides is 1. The van der Waals surface area contributed by atoms with Crippen LogP contribution in [0.4, 0.5) is 5.69 Å². The molecule has 2 aromatic rings. The van der Waals surface area contributed by atoms with Gasteiger partial charge in [0.25, 0.3) is 5.91 Å². The van der Waals surface area contributed by atoms with Crippen LogP contribution in [-0.4, -0.2) is 25.6 Å². The molecule has 25 heavy (non-hydrogen) atoms. The maximum absolute atomic E-state index is 11.8. The minimum absolute atomic E-state index is 0.0555. The number of rotatable bonds is 6. The smallest absolute Gasteiger partial charge is 0.310 e. The van der Waals surface area contributed by atoms with Crippen LogP contribution in [0.1, 0.15) is 11.1 Å². The minimum atomic E-state index is -0.516. The lowest BCUT2D eigenvalue weighted by molar-refractivity contribution is -0.146. The second-order valence-corrected chi connectivity index (χ2v) is 5.45. The molecule has 2 rings (SSSR count). The molecule has 0 heterocycles. The van der Waals surface area contributed by atoms with Gasteiger partial charge >= 0.3 is 5.97 Å². The highest BCUT2D eigenvalue weighted by molar-refractivity contribution is 6.32. The van der Waals surface area contributed by atoms with Crippen molar-refractivity contribution < 1.29 is 19.1 Å². The van der Waals surface area contributed by atoms with Crippen molar-refractivity contribution in [2.75, 3.05) is 19.0 Å². The third kappa shape index (κ3) is 5.52. The standard InChI is InChI=1S/C18H15ClN2O4/c1-24-15-6-2-12(3-7-15)8-18(23)25-11-17(22)21-14-5-4-13(10-20)16(19)9-14/h2-7,9H,8,11H2,1H3,(H,21,22). The molecule has 0 unspecified atom stereocenters. The summed E-state index contributed by atoms with van der Waals surface area (Å²) in [6.07, 6.45) is 0.0555. The monoisotopic (exact) mass is 358 g/mol. The lowest BCUT2D eigenvalue weighted by Crippen LogP contribution is -2.21. The number of hydrogen-bond donors (Lipinski definition) is 1. The number of nitriles is 1. The van der Waals surface area contributed by atoms with E-state index >= 15 is 0 Å². The molecule has 0 radical (unpaired) electrons. The Hall–Kier alpha value is -3.04. The van der Waals surface area contributed by atoms with Crippen LogP contribution in [0.2, 0.25) is 5.02 Å². The van der Waals surface area contributed by atoms with Crippen LogP contribution in [0.3, 0.4) is 0 Å². The van der Waals surface area contributed by atoms with Crippen LogP contribution >= 0.6 is 11.6 Å². The summed E-state index contributed by atoms with van der Waals surface area (Å²) in [5.74, 6) is -0.320. The number of methoxy groups -OCH3 is 1. The molecule has 0 saturated heterocycles. The fraction of sp³-hybridized carbons (Fsp3) is 0.167.